The lowest BCUT2D eigenvalue weighted by Gasteiger charge is -2.32. The number of carbonyl (C=O) groups is 2. The maximum absolute atomic E-state index is 12.6. The number of carboxylic acid groups (broad SMARTS) is 1. The summed E-state index contributed by atoms with van der Waals surface area (Å²) < 4.78 is 5.55. The van der Waals surface area contributed by atoms with Gasteiger partial charge in [-0.3, -0.25) is 0 Å². The summed E-state index contributed by atoms with van der Waals surface area (Å²) >= 11 is 0. The van der Waals surface area contributed by atoms with Gasteiger partial charge in [-0.1, -0.05) is 78.9 Å². The Balaban J connectivity index is 1.06. The molecule has 0 aromatic heterocycles. The third-order valence-corrected chi connectivity index (χ3v) is 7.98. The van der Waals surface area contributed by atoms with Crippen molar-refractivity contribution < 1.29 is 19.4 Å². The average Bonchev–Trinajstić information content (AvgIpc) is 3.26. The van der Waals surface area contributed by atoms with Gasteiger partial charge in [0.15, 0.2) is 0 Å². The predicted octanol–water partition coefficient (Wildman–Crippen LogP) is 5.71. The van der Waals surface area contributed by atoms with Crippen molar-refractivity contribution in [3.05, 3.63) is 95.6 Å². The summed E-state index contributed by atoms with van der Waals surface area (Å²) in [5, 5.41) is 12.3. The van der Waals surface area contributed by atoms with E-state index in [-0.39, 0.29) is 12.5 Å². The van der Waals surface area contributed by atoms with Crippen molar-refractivity contribution in [1.29, 1.82) is 0 Å². The number of carbonyl (C=O) groups excluding carboxylic acids is 1. The van der Waals surface area contributed by atoms with Crippen molar-refractivity contribution in [3.8, 4) is 11.1 Å². The fraction of sp³-hybridized carbons (Fsp3) is 0.375. The molecule has 0 bridgehead atoms. The number of benzene rings is 3. The summed E-state index contributed by atoms with van der Waals surface area (Å²) in [6.07, 6.45) is 3.86. The van der Waals surface area contributed by atoms with Crippen LogP contribution >= 0.6 is 0 Å². The average molecular weight is 513 g/mol. The zero-order valence-corrected chi connectivity index (χ0v) is 21.7. The van der Waals surface area contributed by atoms with Gasteiger partial charge in [0.05, 0.1) is 0 Å². The van der Waals surface area contributed by atoms with Crippen molar-refractivity contribution in [1.82, 2.24) is 10.2 Å². The van der Waals surface area contributed by atoms with Crippen LogP contribution in [0, 0.1) is 5.92 Å². The van der Waals surface area contributed by atoms with Gasteiger partial charge in [0.25, 0.3) is 0 Å². The second-order valence-electron chi connectivity index (χ2n) is 10.5. The fourth-order valence-corrected chi connectivity index (χ4v) is 5.92. The first-order chi connectivity index (χ1) is 18.6. The molecule has 1 aliphatic heterocycles. The molecule has 6 nitrogen and oxygen atoms in total. The lowest BCUT2D eigenvalue weighted by molar-refractivity contribution is -0.139. The van der Waals surface area contributed by atoms with Gasteiger partial charge in [-0.15, -0.1) is 0 Å². The number of nitrogens with one attached hydrogen (secondary N) is 1. The molecular weight excluding hydrogens is 476 g/mol. The molecule has 1 atom stereocenters. The molecule has 2 aliphatic rings. The Morgan fingerprint density at radius 1 is 0.895 bits per heavy atom. The summed E-state index contributed by atoms with van der Waals surface area (Å²) in [4.78, 5) is 26.8. The number of carboxylic acids is 1. The monoisotopic (exact) mass is 512 g/mol. The Kier molecular flexibility index (Phi) is 8.39. The summed E-state index contributed by atoms with van der Waals surface area (Å²) in [6.45, 7) is 3.09. The van der Waals surface area contributed by atoms with Crippen molar-refractivity contribution in [2.24, 2.45) is 5.92 Å². The van der Waals surface area contributed by atoms with Crippen LogP contribution in [0.25, 0.3) is 11.1 Å². The highest BCUT2D eigenvalue weighted by molar-refractivity contribution is 5.81. The van der Waals surface area contributed by atoms with E-state index in [9.17, 15) is 14.7 Å². The molecule has 1 amide bonds. The maximum Gasteiger partial charge on any atom is 0.407 e. The number of fused-ring (bicyclic) bond motifs is 3. The van der Waals surface area contributed by atoms with E-state index in [2.05, 4.69) is 64.8 Å². The second kappa shape index (κ2) is 12.3. The van der Waals surface area contributed by atoms with Crippen LogP contribution < -0.4 is 5.32 Å². The van der Waals surface area contributed by atoms with E-state index in [1.165, 1.54) is 5.56 Å². The molecule has 198 valence electrons. The topological polar surface area (TPSA) is 78.9 Å². The number of rotatable bonds is 10. The Bertz CT molecular complexity index is 1190. The molecule has 1 saturated heterocycles. The number of alkyl carbamates (subject to hydrolysis) is 1. The normalized spacial score (nSPS) is 16.4. The van der Waals surface area contributed by atoms with Crippen LogP contribution in [0.15, 0.2) is 78.9 Å². The van der Waals surface area contributed by atoms with Gasteiger partial charge in [-0.2, -0.15) is 0 Å². The van der Waals surface area contributed by atoms with Gasteiger partial charge < -0.3 is 20.1 Å². The first-order valence-corrected chi connectivity index (χ1v) is 13.7. The molecular formula is C32H36N2O4. The Morgan fingerprint density at radius 3 is 2.13 bits per heavy atom. The molecule has 2 N–H and O–H groups in total. The highest BCUT2D eigenvalue weighted by atomic mass is 16.5. The van der Waals surface area contributed by atoms with E-state index >= 15 is 0 Å². The van der Waals surface area contributed by atoms with Gasteiger partial charge in [-0.05, 0) is 85.5 Å². The number of ether oxygens (including phenoxy) is 1. The van der Waals surface area contributed by atoms with E-state index in [4.69, 9.17) is 4.74 Å². The van der Waals surface area contributed by atoms with Gasteiger partial charge in [0, 0.05) is 5.92 Å². The zero-order valence-electron chi connectivity index (χ0n) is 21.7. The SMILES string of the molecule is O=C(NC(CCCN1CCC(Cc2ccccc2)CC1)C(=O)O)OCC1c2ccccc2-c2ccccc21. The number of likely N-dealkylation sites (tertiary alicyclic amines) is 1. The molecule has 3 aromatic carbocycles. The Labute approximate surface area is 224 Å². The molecule has 0 saturated carbocycles. The first kappa shape index (κ1) is 26.0. The summed E-state index contributed by atoms with van der Waals surface area (Å²) in [7, 11) is 0. The molecule has 0 radical (unpaired) electrons. The number of nitrogens with zero attached hydrogens (tertiary/aromatic N) is 1. The fourth-order valence-electron chi connectivity index (χ4n) is 5.92. The van der Waals surface area contributed by atoms with E-state index in [0.29, 0.717) is 18.8 Å². The highest BCUT2D eigenvalue weighted by Gasteiger charge is 2.30. The van der Waals surface area contributed by atoms with Crippen molar-refractivity contribution in [2.45, 2.75) is 44.1 Å². The second-order valence-corrected chi connectivity index (χ2v) is 10.5. The quantitative estimate of drug-likeness (QED) is 0.364. The lowest BCUT2D eigenvalue weighted by Crippen LogP contribution is -2.42. The van der Waals surface area contributed by atoms with Crippen LogP contribution in [-0.4, -0.2) is 54.4 Å². The zero-order chi connectivity index (χ0) is 26.3. The minimum absolute atomic E-state index is 0.0544. The number of piperidine rings is 1. The largest absolute Gasteiger partial charge is 0.480 e. The van der Waals surface area contributed by atoms with Crippen LogP contribution in [0.3, 0.4) is 0 Å². The van der Waals surface area contributed by atoms with Gasteiger partial charge in [0.2, 0.25) is 0 Å². The van der Waals surface area contributed by atoms with E-state index in [0.717, 1.165) is 61.2 Å². The molecule has 5 rings (SSSR count). The molecule has 1 aliphatic carbocycles. The first-order valence-electron chi connectivity index (χ1n) is 13.7. The smallest absolute Gasteiger partial charge is 0.407 e. The standard InChI is InChI=1S/C32H36N2O4/c35-31(36)30(15-8-18-34-19-16-24(17-20-34)21-23-9-2-1-3-10-23)33-32(37)38-22-29-27-13-6-4-11-25(27)26-12-5-7-14-28(26)29/h1-7,9-14,24,29-30H,8,15-22H2,(H,33,37)(H,35,36). The van der Waals surface area contributed by atoms with Crippen molar-refractivity contribution in [2.75, 3.05) is 26.2 Å². The van der Waals surface area contributed by atoms with E-state index in [1.807, 2.05) is 24.3 Å². The maximum atomic E-state index is 12.6. The third-order valence-electron chi connectivity index (χ3n) is 7.98. The number of hydrogen-bond acceptors (Lipinski definition) is 4. The van der Waals surface area contributed by atoms with Gasteiger partial charge >= 0.3 is 12.1 Å². The van der Waals surface area contributed by atoms with Crippen molar-refractivity contribution in [3.63, 3.8) is 0 Å². The molecule has 0 spiro atoms. The third kappa shape index (κ3) is 6.25. The molecule has 38 heavy (non-hydrogen) atoms. The van der Waals surface area contributed by atoms with Gasteiger partial charge in [0.1, 0.15) is 12.6 Å². The van der Waals surface area contributed by atoms with Crippen LogP contribution in [0.2, 0.25) is 0 Å². The molecule has 6 heteroatoms. The van der Waals surface area contributed by atoms with Crippen LogP contribution in [0.4, 0.5) is 4.79 Å². The summed E-state index contributed by atoms with van der Waals surface area (Å²) in [5.74, 6) is -0.378. The minimum atomic E-state index is -1.03. The Morgan fingerprint density at radius 2 is 1.50 bits per heavy atom. The summed E-state index contributed by atoms with van der Waals surface area (Å²) in [6, 6.07) is 26.0. The van der Waals surface area contributed by atoms with Crippen LogP contribution in [0.1, 0.15) is 48.3 Å². The Hall–Kier alpha value is -3.64. The lowest BCUT2D eigenvalue weighted by atomic mass is 9.90. The molecule has 1 heterocycles. The molecule has 1 unspecified atom stereocenters. The van der Waals surface area contributed by atoms with E-state index in [1.54, 1.807) is 0 Å². The van der Waals surface area contributed by atoms with Crippen molar-refractivity contribution >= 4 is 12.1 Å². The highest BCUT2D eigenvalue weighted by Crippen LogP contribution is 2.44. The predicted molar refractivity (Wildman–Crippen MR) is 148 cm³/mol. The number of hydrogen-bond donors (Lipinski definition) is 2. The molecule has 3 aromatic rings. The minimum Gasteiger partial charge on any atom is -0.480 e. The van der Waals surface area contributed by atoms with Gasteiger partial charge in [-0.25, -0.2) is 9.59 Å². The summed E-state index contributed by atoms with van der Waals surface area (Å²) in [5.41, 5.74) is 5.97. The van der Waals surface area contributed by atoms with Crippen LogP contribution in [0.5, 0.6) is 0 Å². The van der Waals surface area contributed by atoms with E-state index < -0.39 is 18.1 Å². The number of aliphatic carboxylic acids is 1. The number of amides is 1. The van der Waals surface area contributed by atoms with Crippen LogP contribution in [-0.2, 0) is 16.0 Å². The molecule has 1 fully saturated rings.